The van der Waals surface area contributed by atoms with E-state index >= 15 is 0 Å². The second kappa shape index (κ2) is 7.96. The lowest BCUT2D eigenvalue weighted by Gasteiger charge is -2.32. The molecule has 0 saturated carbocycles. The lowest BCUT2D eigenvalue weighted by Crippen LogP contribution is -2.38. The monoisotopic (exact) mass is 425 g/mol. The van der Waals surface area contributed by atoms with Crippen LogP contribution in [0.2, 0.25) is 0 Å². The summed E-state index contributed by atoms with van der Waals surface area (Å²) in [4.78, 5) is 28.9. The first-order chi connectivity index (χ1) is 15.6. The Morgan fingerprint density at radius 1 is 0.969 bits per heavy atom. The van der Waals surface area contributed by atoms with Crippen molar-refractivity contribution in [2.24, 2.45) is 0 Å². The fourth-order valence-corrected chi connectivity index (χ4v) is 4.44. The molecule has 1 aliphatic heterocycles. The molecule has 0 saturated heterocycles. The van der Waals surface area contributed by atoms with Gasteiger partial charge >= 0.3 is 0 Å². The quantitative estimate of drug-likeness (QED) is 0.491. The highest BCUT2D eigenvalue weighted by molar-refractivity contribution is 6.13. The Labute approximate surface area is 185 Å². The van der Waals surface area contributed by atoms with Crippen molar-refractivity contribution in [1.82, 2.24) is 9.78 Å². The van der Waals surface area contributed by atoms with Crippen molar-refractivity contribution in [2.75, 3.05) is 18.6 Å². The van der Waals surface area contributed by atoms with Crippen LogP contribution in [0.4, 0.5) is 5.69 Å². The summed E-state index contributed by atoms with van der Waals surface area (Å²) < 4.78 is 6.93. The van der Waals surface area contributed by atoms with Crippen LogP contribution in [0.5, 0.6) is 5.75 Å². The van der Waals surface area contributed by atoms with Crippen LogP contribution in [0.3, 0.4) is 0 Å². The summed E-state index contributed by atoms with van der Waals surface area (Å²) in [5.74, 6) is 0.426. The third-order valence-corrected chi connectivity index (χ3v) is 6.03. The van der Waals surface area contributed by atoms with Crippen LogP contribution in [0.15, 0.2) is 71.5 Å². The first-order valence-corrected chi connectivity index (χ1v) is 10.7. The summed E-state index contributed by atoms with van der Waals surface area (Å²) in [6.45, 7) is 2.61. The van der Waals surface area contributed by atoms with Gasteiger partial charge in [0, 0.05) is 11.9 Å². The molecule has 0 radical (unpaired) electrons. The normalized spacial score (nSPS) is 13.1. The zero-order chi connectivity index (χ0) is 22.2. The van der Waals surface area contributed by atoms with Gasteiger partial charge in [-0.3, -0.25) is 9.59 Å². The van der Waals surface area contributed by atoms with Gasteiger partial charge in [-0.15, -0.1) is 0 Å². The SMILES string of the molecule is COc1ccc(C)c2c1N(C(=O)c1nn(-c3ccccc3)c(=O)c3ccccc13)CCC2. The van der Waals surface area contributed by atoms with Crippen molar-refractivity contribution in [1.29, 1.82) is 0 Å². The summed E-state index contributed by atoms with van der Waals surface area (Å²) in [6.07, 6.45) is 1.74. The molecule has 0 atom stereocenters. The van der Waals surface area contributed by atoms with E-state index in [4.69, 9.17) is 4.74 Å². The van der Waals surface area contributed by atoms with E-state index in [1.54, 1.807) is 42.3 Å². The van der Waals surface area contributed by atoms with E-state index in [-0.39, 0.29) is 17.2 Å². The number of hydrogen-bond acceptors (Lipinski definition) is 4. The predicted molar refractivity (Wildman–Crippen MR) is 125 cm³/mol. The van der Waals surface area contributed by atoms with E-state index in [0.717, 1.165) is 29.7 Å². The number of rotatable bonds is 3. The molecule has 0 aliphatic carbocycles. The molecule has 0 fully saturated rings. The Morgan fingerprint density at radius 3 is 2.44 bits per heavy atom. The standard InChI is InChI=1S/C26H23N3O3/c1-17-14-15-22(32-2)24-19(17)13-8-16-28(24)26(31)23-20-11-6-7-12-21(20)25(30)29(27-23)18-9-4-3-5-10-18/h3-7,9-12,14-15H,8,13,16H2,1-2H3. The predicted octanol–water partition coefficient (Wildman–Crippen LogP) is 4.30. The number of amides is 1. The van der Waals surface area contributed by atoms with Crippen LogP contribution in [0.1, 0.15) is 28.0 Å². The van der Waals surface area contributed by atoms with Gasteiger partial charge in [0.25, 0.3) is 11.5 Å². The minimum Gasteiger partial charge on any atom is -0.495 e. The summed E-state index contributed by atoms with van der Waals surface area (Å²) in [7, 11) is 1.62. The Morgan fingerprint density at radius 2 is 1.69 bits per heavy atom. The van der Waals surface area contributed by atoms with E-state index in [2.05, 4.69) is 12.0 Å². The van der Waals surface area contributed by atoms with Gasteiger partial charge in [0.1, 0.15) is 5.75 Å². The average molecular weight is 425 g/mol. The van der Waals surface area contributed by atoms with Gasteiger partial charge in [-0.05, 0) is 55.2 Å². The van der Waals surface area contributed by atoms with Crippen LogP contribution in [0, 0.1) is 6.92 Å². The lowest BCUT2D eigenvalue weighted by molar-refractivity contribution is 0.0979. The molecule has 4 aromatic rings. The van der Waals surface area contributed by atoms with Crippen molar-refractivity contribution < 1.29 is 9.53 Å². The molecule has 0 spiro atoms. The molecule has 6 nitrogen and oxygen atoms in total. The lowest BCUT2D eigenvalue weighted by atomic mass is 9.95. The van der Waals surface area contributed by atoms with E-state index in [0.29, 0.717) is 28.8 Å². The van der Waals surface area contributed by atoms with Crippen molar-refractivity contribution in [2.45, 2.75) is 19.8 Å². The Hall–Kier alpha value is -3.93. The average Bonchev–Trinajstić information content (AvgIpc) is 2.85. The van der Waals surface area contributed by atoms with Gasteiger partial charge in [0.05, 0.1) is 23.9 Å². The maximum absolute atomic E-state index is 13.9. The summed E-state index contributed by atoms with van der Waals surface area (Å²) in [5, 5.41) is 5.58. The highest BCUT2D eigenvalue weighted by atomic mass is 16.5. The fraction of sp³-hybridized carbons (Fsp3) is 0.192. The van der Waals surface area contributed by atoms with Gasteiger partial charge in [0.15, 0.2) is 5.69 Å². The highest BCUT2D eigenvalue weighted by Gasteiger charge is 2.30. The number of para-hydroxylation sites is 1. The number of aryl methyl sites for hydroxylation is 1. The minimum absolute atomic E-state index is 0.240. The van der Waals surface area contributed by atoms with Crippen LogP contribution in [0.25, 0.3) is 16.5 Å². The number of fused-ring (bicyclic) bond motifs is 2. The summed E-state index contributed by atoms with van der Waals surface area (Å²) in [5.41, 5.74) is 3.66. The van der Waals surface area contributed by atoms with Gasteiger partial charge in [-0.25, -0.2) is 0 Å². The van der Waals surface area contributed by atoms with Gasteiger partial charge in [-0.1, -0.05) is 42.5 Å². The number of carbonyl (C=O) groups excluding carboxylic acids is 1. The first-order valence-electron chi connectivity index (χ1n) is 10.7. The largest absolute Gasteiger partial charge is 0.495 e. The molecule has 5 rings (SSSR count). The molecule has 0 unspecified atom stereocenters. The second-order valence-corrected chi connectivity index (χ2v) is 7.92. The van der Waals surface area contributed by atoms with E-state index in [9.17, 15) is 9.59 Å². The van der Waals surface area contributed by atoms with Crippen LogP contribution in [-0.2, 0) is 6.42 Å². The number of ether oxygens (including phenoxy) is 1. The number of benzene rings is 3. The molecule has 6 heteroatoms. The Kier molecular flexibility index (Phi) is 4.98. The van der Waals surface area contributed by atoms with E-state index < -0.39 is 0 Å². The van der Waals surface area contributed by atoms with E-state index in [1.807, 2.05) is 36.4 Å². The minimum atomic E-state index is -0.254. The summed E-state index contributed by atoms with van der Waals surface area (Å²) in [6, 6.07) is 20.2. The third-order valence-electron chi connectivity index (χ3n) is 6.03. The highest BCUT2D eigenvalue weighted by Crippen LogP contribution is 2.39. The van der Waals surface area contributed by atoms with Crippen molar-refractivity contribution in [3.05, 3.63) is 93.9 Å². The fourth-order valence-electron chi connectivity index (χ4n) is 4.44. The van der Waals surface area contributed by atoms with Gasteiger partial charge < -0.3 is 9.64 Å². The number of methoxy groups -OCH3 is 1. The Balaban J connectivity index is 1.74. The summed E-state index contributed by atoms with van der Waals surface area (Å²) >= 11 is 0. The maximum Gasteiger partial charge on any atom is 0.279 e. The first kappa shape index (κ1) is 20.0. The molecule has 0 N–H and O–H groups in total. The van der Waals surface area contributed by atoms with Crippen LogP contribution in [-0.4, -0.2) is 29.3 Å². The number of hydrogen-bond donors (Lipinski definition) is 0. The topological polar surface area (TPSA) is 64.4 Å². The second-order valence-electron chi connectivity index (χ2n) is 7.92. The van der Waals surface area contributed by atoms with E-state index in [1.165, 1.54) is 4.68 Å². The molecule has 1 amide bonds. The molecule has 3 aromatic carbocycles. The molecular weight excluding hydrogens is 402 g/mol. The van der Waals surface area contributed by atoms with Crippen molar-refractivity contribution >= 4 is 22.4 Å². The van der Waals surface area contributed by atoms with Crippen molar-refractivity contribution in [3.63, 3.8) is 0 Å². The molecule has 32 heavy (non-hydrogen) atoms. The zero-order valence-corrected chi connectivity index (χ0v) is 18.0. The van der Waals surface area contributed by atoms with Gasteiger partial charge in [-0.2, -0.15) is 9.78 Å². The van der Waals surface area contributed by atoms with Crippen LogP contribution >= 0.6 is 0 Å². The Bertz CT molecular complexity index is 1390. The van der Waals surface area contributed by atoms with Crippen LogP contribution < -0.4 is 15.2 Å². The van der Waals surface area contributed by atoms with Crippen molar-refractivity contribution in [3.8, 4) is 11.4 Å². The molecule has 1 aromatic heterocycles. The number of carbonyl (C=O) groups is 1. The number of anilines is 1. The molecular formula is C26H23N3O3. The zero-order valence-electron chi connectivity index (χ0n) is 18.0. The molecule has 1 aliphatic rings. The maximum atomic E-state index is 13.9. The third kappa shape index (κ3) is 3.15. The molecule has 0 bridgehead atoms. The smallest absolute Gasteiger partial charge is 0.279 e. The number of nitrogens with zero attached hydrogens (tertiary/aromatic N) is 3. The molecule has 160 valence electrons. The number of aromatic nitrogens is 2. The molecule has 2 heterocycles. The van der Waals surface area contributed by atoms with Gasteiger partial charge in [0.2, 0.25) is 0 Å².